The summed E-state index contributed by atoms with van der Waals surface area (Å²) in [6, 6.07) is 10.7. The fourth-order valence-corrected chi connectivity index (χ4v) is 4.97. The van der Waals surface area contributed by atoms with Crippen LogP contribution in [-0.4, -0.2) is 67.6 Å². The summed E-state index contributed by atoms with van der Waals surface area (Å²) >= 11 is 0. The maximum atomic E-state index is 14.3. The van der Waals surface area contributed by atoms with Crippen molar-refractivity contribution in [1.29, 1.82) is 0 Å². The van der Waals surface area contributed by atoms with Gasteiger partial charge in [-0.1, -0.05) is 0 Å². The molecule has 1 N–H and O–H groups in total. The van der Waals surface area contributed by atoms with Crippen molar-refractivity contribution in [2.45, 2.75) is 6.92 Å². The number of benzene rings is 1. The molecule has 0 radical (unpaired) electrons. The van der Waals surface area contributed by atoms with E-state index in [1.165, 1.54) is 12.1 Å². The molecule has 0 saturated carbocycles. The normalized spacial score (nSPS) is 16.3. The Hall–Kier alpha value is -3.82. The summed E-state index contributed by atoms with van der Waals surface area (Å²) in [5, 5.41) is 4.55. The zero-order valence-electron chi connectivity index (χ0n) is 20.8. The summed E-state index contributed by atoms with van der Waals surface area (Å²) in [6.45, 7) is 7.92. The van der Waals surface area contributed by atoms with Crippen molar-refractivity contribution in [3.8, 4) is 11.3 Å². The Morgan fingerprint density at radius 3 is 2.41 bits per heavy atom. The average molecular weight is 501 g/mol. The van der Waals surface area contributed by atoms with Crippen LogP contribution < -0.4 is 15.1 Å². The van der Waals surface area contributed by atoms with Crippen molar-refractivity contribution >= 4 is 33.8 Å². The first-order valence-electron chi connectivity index (χ1n) is 12.6. The highest BCUT2D eigenvalue weighted by molar-refractivity contribution is 5.99. The Kier molecular flexibility index (Phi) is 6.55. The maximum absolute atomic E-state index is 14.3. The molecule has 4 aromatic rings. The summed E-state index contributed by atoms with van der Waals surface area (Å²) in [5.74, 6) is 0.548. The van der Waals surface area contributed by atoms with Gasteiger partial charge in [-0.2, -0.15) is 0 Å². The number of pyridine rings is 3. The molecule has 0 unspecified atom stereocenters. The molecule has 0 bridgehead atoms. The topological polar surface area (TPSA) is 75.6 Å². The van der Waals surface area contributed by atoms with Crippen molar-refractivity contribution in [3.63, 3.8) is 0 Å². The lowest BCUT2D eigenvalue weighted by atomic mass is 10.0. The first-order chi connectivity index (χ1) is 18.2. The molecule has 9 heteroatoms. The molecule has 2 aliphatic rings. The minimum atomic E-state index is -0.322. The largest absolute Gasteiger partial charge is 0.378 e. The second-order valence-corrected chi connectivity index (χ2v) is 9.25. The average Bonchev–Trinajstić information content (AvgIpc) is 2.95. The number of hydrogen-bond donors (Lipinski definition) is 1. The molecular formula is C28H29FN6O2. The van der Waals surface area contributed by atoms with Gasteiger partial charge >= 0.3 is 0 Å². The van der Waals surface area contributed by atoms with Crippen molar-refractivity contribution in [3.05, 3.63) is 66.4 Å². The molecular weight excluding hydrogens is 471 g/mol. The minimum absolute atomic E-state index is 0.322. The lowest BCUT2D eigenvalue weighted by Crippen LogP contribution is -2.38. The molecule has 1 aromatic carbocycles. The Morgan fingerprint density at radius 2 is 1.68 bits per heavy atom. The van der Waals surface area contributed by atoms with Crippen LogP contribution in [0.2, 0.25) is 0 Å². The monoisotopic (exact) mass is 500 g/mol. The Balaban J connectivity index is 1.49. The van der Waals surface area contributed by atoms with Crippen LogP contribution in [0.4, 0.5) is 27.3 Å². The summed E-state index contributed by atoms with van der Waals surface area (Å²) < 4.78 is 25.4. The van der Waals surface area contributed by atoms with Crippen LogP contribution in [0.5, 0.6) is 0 Å². The van der Waals surface area contributed by atoms with Gasteiger partial charge in [-0.25, -0.2) is 14.4 Å². The number of fused-ring (bicyclic) bond motifs is 1. The van der Waals surface area contributed by atoms with Gasteiger partial charge in [-0.15, -0.1) is 0 Å². The zero-order chi connectivity index (χ0) is 25.2. The van der Waals surface area contributed by atoms with E-state index in [0.717, 1.165) is 71.3 Å². The van der Waals surface area contributed by atoms with Crippen molar-refractivity contribution in [1.82, 2.24) is 15.0 Å². The van der Waals surface area contributed by atoms with E-state index in [1.54, 1.807) is 18.5 Å². The molecule has 2 saturated heterocycles. The fraction of sp³-hybridized carbons (Fsp3) is 0.321. The molecule has 0 amide bonds. The Bertz CT molecular complexity index is 1410. The molecule has 8 nitrogen and oxygen atoms in total. The summed E-state index contributed by atoms with van der Waals surface area (Å²) in [5.41, 5.74) is 5.98. The fourth-order valence-electron chi connectivity index (χ4n) is 4.97. The maximum Gasteiger partial charge on any atom is 0.152 e. The predicted octanol–water partition coefficient (Wildman–Crippen LogP) is 4.56. The van der Waals surface area contributed by atoms with Crippen molar-refractivity contribution < 1.29 is 13.9 Å². The van der Waals surface area contributed by atoms with Crippen LogP contribution in [-0.2, 0) is 9.47 Å². The number of ether oxygens (including phenoxy) is 2. The third-order valence-electron chi connectivity index (χ3n) is 6.93. The van der Waals surface area contributed by atoms with Crippen LogP contribution in [0.15, 0.2) is 55.0 Å². The van der Waals surface area contributed by atoms with E-state index in [4.69, 9.17) is 19.4 Å². The third kappa shape index (κ3) is 4.80. The van der Waals surface area contributed by atoms with E-state index in [0.29, 0.717) is 31.9 Å². The van der Waals surface area contributed by atoms with Crippen LogP contribution in [0.3, 0.4) is 0 Å². The van der Waals surface area contributed by atoms with Crippen LogP contribution >= 0.6 is 0 Å². The number of hydrogen-bond acceptors (Lipinski definition) is 8. The van der Waals surface area contributed by atoms with Gasteiger partial charge in [-0.05, 0) is 42.8 Å². The SMILES string of the molecule is Cc1c(-c2cccnc2)nc2cc(F)ccc2c1Nc1cc(N2CCOCC2)cnc1N1CCOCC1. The smallest absolute Gasteiger partial charge is 0.152 e. The molecule has 37 heavy (non-hydrogen) atoms. The van der Waals surface area contributed by atoms with Gasteiger partial charge in [0.2, 0.25) is 0 Å². The van der Waals surface area contributed by atoms with Crippen molar-refractivity contribution in [2.24, 2.45) is 0 Å². The molecule has 0 atom stereocenters. The molecule has 6 rings (SSSR count). The predicted molar refractivity (Wildman–Crippen MR) is 143 cm³/mol. The quantitative estimate of drug-likeness (QED) is 0.428. The van der Waals surface area contributed by atoms with Gasteiger partial charge in [0, 0.05) is 55.6 Å². The van der Waals surface area contributed by atoms with Gasteiger partial charge in [-0.3, -0.25) is 4.98 Å². The number of nitrogens with one attached hydrogen (secondary N) is 1. The number of nitrogens with zero attached hydrogens (tertiary/aromatic N) is 5. The molecule has 5 heterocycles. The molecule has 190 valence electrons. The summed E-state index contributed by atoms with van der Waals surface area (Å²) in [4.78, 5) is 18.6. The van der Waals surface area contributed by atoms with Crippen LogP contribution in [0, 0.1) is 12.7 Å². The van der Waals surface area contributed by atoms with E-state index in [-0.39, 0.29) is 5.82 Å². The third-order valence-corrected chi connectivity index (χ3v) is 6.93. The highest BCUT2D eigenvalue weighted by atomic mass is 19.1. The molecule has 0 aliphatic carbocycles. The molecule has 2 aliphatic heterocycles. The van der Waals surface area contributed by atoms with Gasteiger partial charge in [0.05, 0.1) is 60.9 Å². The lowest BCUT2D eigenvalue weighted by Gasteiger charge is -2.32. The second kappa shape index (κ2) is 10.3. The highest BCUT2D eigenvalue weighted by Gasteiger charge is 2.22. The molecule has 2 fully saturated rings. The zero-order valence-corrected chi connectivity index (χ0v) is 20.8. The minimum Gasteiger partial charge on any atom is -0.378 e. The number of rotatable bonds is 5. The van der Waals surface area contributed by atoms with E-state index in [1.807, 2.05) is 25.3 Å². The van der Waals surface area contributed by atoms with Gasteiger partial charge in [0.15, 0.2) is 5.82 Å². The van der Waals surface area contributed by atoms with E-state index >= 15 is 0 Å². The summed E-state index contributed by atoms with van der Waals surface area (Å²) in [7, 11) is 0. The Morgan fingerprint density at radius 1 is 0.919 bits per heavy atom. The van der Waals surface area contributed by atoms with E-state index < -0.39 is 0 Å². The number of aromatic nitrogens is 3. The number of anilines is 4. The van der Waals surface area contributed by atoms with Crippen LogP contribution in [0.25, 0.3) is 22.2 Å². The number of halogens is 1. The molecule has 0 spiro atoms. The summed E-state index contributed by atoms with van der Waals surface area (Å²) in [6.07, 6.45) is 5.45. The lowest BCUT2D eigenvalue weighted by molar-refractivity contribution is 0.122. The first kappa shape index (κ1) is 23.6. The van der Waals surface area contributed by atoms with Gasteiger partial charge in [0.25, 0.3) is 0 Å². The highest BCUT2D eigenvalue weighted by Crippen LogP contribution is 2.38. The molecule has 3 aromatic heterocycles. The standard InChI is InChI=1S/C28H29FN6O2/c1-19-26(20-3-2-6-30-17-20)32-24-15-21(29)4-5-23(24)27(19)33-25-16-22(34-7-11-36-12-8-34)18-31-28(25)35-9-13-37-14-10-35/h2-6,15-18H,7-14H2,1H3,(H,32,33). The first-order valence-corrected chi connectivity index (χ1v) is 12.6. The van der Waals surface area contributed by atoms with Gasteiger partial charge < -0.3 is 24.6 Å². The van der Waals surface area contributed by atoms with Gasteiger partial charge in [0.1, 0.15) is 5.82 Å². The van der Waals surface area contributed by atoms with E-state index in [9.17, 15) is 4.39 Å². The van der Waals surface area contributed by atoms with Crippen LogP contribution in [0.1, 0.15) is 5.56 Å². The number of morpholine rings is 2. The second-order valence-electron chi connectivity index (χ2n) is 9.25. The van der Waals surface area contributed by atoms with Crippen molar-refractivity contribution in [2.75, 3.05) is 67.7 Å². The van der Waals surface area contributed by atoms with E-state index in [2.05, 4.69) is 26.2 Å². The Labute approximate surface area is 215 Å².